The van der Waals surface area contributed by atoms with Crippen LogP contribution in [0, 0.1) is 12.3 Å². The summed E-state index contributed by atoms with van der Waals surface area (Å²) in [6.45, 7) is 5.69. The van der Waals surface area contributed by atoms with Gasteiger partial charge in [-0.3, -0.25) is 14.9 Å². The van der Waals surface area contributed by atoms with Crippen LogP contribution >= 0.6 is 0 Å². The molecule has 0 fully saturated rings. The maximum absolute atomic E-state index is 13.7. The first kappa shape index (κ1) is 17.8. The number of pyridine rings is 1. The molecule has 0 amide bonds. The Morgan fingerprint density at radius 2 is 2.00 bits per heavy atom. The van der Waals surface area contributed by atoms with Gasteiger partial charge in [-0.05, 0) is 30.4 Å². The lowest BCUT2D eigenvalue weighted by Gasteiger charge is -2.38. The van der Waals surface area contributed by atoms with Gasteiger partial charge in [0.2, 0.25) is 0 Å². The van der Waals surface area contributed by atoms with Gasteiger partial charge in [0.25, 0.3) is 0 Å². The van der Waals surface area contributed by atoms with Gasteiger partial charge in [0.15, 0.2) is 11.6 Å². The Kier molecular flexibility index (Phi) is 3.73. The van der Waals surface area contributed by atoms with Crippen LogP contribution in [0.25, 0.3) is 0 Å². The number of aromatic amines is 1. The van der Waals surface area contributed by atoms with Gasteiger partial charge in [-0.1, -0.05) is 13.8 Å². The van der Waals surface area contributed by atoms with Gasteiger partial charge in [0.05, 0.1) is 5.56 Å². The number of H-pyrrole nitrogens is 1. The second-order valence-electron chi connectivity index (χ2n) is 7.96. The molecule has 0 spiro atoms. The summed E-state index contributed by atoms with van der Waals surface area (Å²) in [4.78, 5) is 16.9. The molecule has 2 aromatic rings. The largest absolute Gasteiger partial charge is 0.416 e. The van der Waals surface area contributed by atoms with Crippen molar-refractivity contribution in [3.8, 4) is 0 Å². The number of aromatic nitrogens is 3. The zero-order chi connectivity index (χ0) is 19.6. The van der Waals surface area contributed by atoms with Crippen molar-refractivity contribution in [2.75, 3.05) is 5.32 Å². The molecule has 0 aromatic carbocycles. The molecule has 8 heteroatoms. The van der Waals surface area contributed by atoms with Crippen LogP contribution in [0.1, 0.15) is 55.0 Å². The second-order valence-corrected chi connectivity index (χ2v) is 7.96. The number of fused-ring (bicyclic) bond motifs is 1. The molecule has 2 N–H and O–H groups in total. The molecule has 1 atom stereocenters. The van der Waals surface area contributed by atoms with E-state index in [0.717, 1.165) is 12.3 Å². The third kappa shape index (κ3) is 2.83. The van der Waals surface area contributed by atoms with Crippen molar-refractivity contribution in [3.63, 3.8) is 0 Å². The van der Waals surface area contributed by atoms with E-state index in [2.05, 4.69) is 20.5 Å². The van der Waals surface area contributed by atoms with Crippen LogP contribution in [0.15, 0.2) is 29.7 Å². The molecule has 1 aliphatic heterocycles. The minimum absolute atomic E-state index is 0.0159. The average Bonchev–Trinajstić information content (AvgIpc) is 2.92. The number of ketones is 1. The summed E-state index contributed by atoms with van der Waals surface area (Å²) in [6, 6.07) is 0.962. The van der Waals surface area contributed by atoms with E-state index in [9.17, 15) is 18.0 Å². The first-order chi connectivity index (χ1) is 12.6. The van der Waals surface area contributed by atoms with Crippen molar-refractivity contribution < 1.29 is 18.0 Å². The van der Waals surface area contributed by atoms with Gasteiger partial charge in [-0.25, -0.2) is 0 Å². The summed E-state index contributed by atoms with van der Waals surface area (Å²) in [5.74, 6) is -0.510. The fourth-order valence-corrected chi connectivity index (χ4v) is 4.16. The number of carbonyl (C=O) groups is 1. The van der Waals surface area contributed by atoms with Crippen LogP contribution in [0.3, 0.4) is 0 Å². The SMILES string of the molecule is Cc1[nH]nc2c1C(c1cnccc1C(F)(F)F)C1=C(CC(C)(C)CC1=O)N2. The monoisotopic (exact) mass is 376 g/mol. The first-order valence-electron chi connectivity index (χ1n) is 8.68. The highest BCUT2D eigenvalue weighted by atomic mass is 19.4. The number of aryl methyl sites for hydroxylation is 1. The molecule has 2 aliphatic rings. The molecule has 0 saturated carbocycles. The summed E-state index contributed by atoms with van der Waals surface area (Å²) >= 11 is 0. The van der Waals surface area contributed by atoms with Crippen LogP contribution in [-0.4, -0.2) is 21.0 Å². The Hall–Kier alpha value is -2.64. The van der Waals surface area contributed by atoms with Crippen molar-refractivity contribution in [2.24, 2.45) is 5.41 Å². The third-order valence-electron chi connectivity index (χ3n) is 5.23. The standard InChI is InChI=1S/C19H19F3N4O/c1-9-14-15(10-8-23-5-4-11(10)19(20,21)22)16-12(24-17(14)26-25-9)6-18(2,3)7-13(16)27/h4-5,8,15H,6-7H2,1-3H3,(H2,24,25,26). The lowest BCUT2D eigenvalue weighted by molar-refractivity contribution is -0.138. The molecule has 4 rings (SSSR count). The summed E-state index contributed by atoms with van der Waals surface area (Å²) in [5, 5.41) is 10.2. The summed E-state index contributed by atoms with van der Waals surface area (Å²) < 4.78 is 41.0. The van der Waals surface area contributed by atoms with E-state index >= 15 is 0 Å². The normalized spacial score (nSPS) is 21.6. The predicted molar refractivity (Wildman–Crippen MR) is 93.1 cm³/mol. The van der Waals surface area contributed by atoms with Crippen molar-refractivity contribution in [1.82, 2.24) is 15.2 Å². The Labute approximate surface area is 154 Å². The average molecular weight is 376 g/mol. The van der Waals surface area contributed by atoms with Crippen molar-refractivity contribution in [2.45, 2.75) is 45.7 Å². The summed E-state index contributed by atoms with van der Waals surface area (Å²) in [5.41, 5.74) is 1.18. The summed E-state index contributed by atoms with van der Waals surface area (Å²) in [7, 11) is 0. The van der Waals surface area contributed by atoms with Crippen LogP contribution in [0.4, 0.5) is 19.0 Å². The molecule has 142 valence electrons. The topological polar surface area (TPSA) is 70.7 Å². The van der Waals surface area contributed by atoms with E-state index in [0.29, 0.717) is 34.8 Å². The second kappa shape index (κ2) is 5.68. The van der Waals surface area contributed by atoms with Gasteiger partial charge in [0.1, 0.15) is 0 Å². The van der Waals surface area contributed by atoms with E-state index in [4.69, 9.17) is 0 Å². The highest BCUT2D eigenvalue weighted by Gasteiger charge is 2.45. The van der Waals surface area contributed by atoms with Crippen molar-refractivity contribution >= 4 is 11.6 Å². The number of alkyl halides is 3. The van der Waals surface area contributed by atoms with Crippen LogP contribution in [0.5, 0.6) is 0 Å². The molecule has 0 saturated heterocycles. The zero-order valence-electron chi connectivity index (χ0n) is 15.2. The molecule has 5 nitrogen and oxygen atoms in total. The fourth-order valence-electron chi connectivity index (χ4n) is 4.16. The van der Waals surface area contributed by atoms with Crippen LogP contribution < -0.4 is 5.32 Å². The number of halogens is 3. The smallest absolute Gasteiger partial charge is 0.342 e. The number of anilines is 1. The summed E-state index contributed by atoms with van der Waals surface area (Å²) in [6.07, 6.45) is -1.35. The molecular weight excluding hydrogens is 357 g/mol. The number of rotatable bonds is 1. The number of Topliss-reactive ketones (excluding diaryl/α,β-unsaturated/α-hetero) is 1. The van der Waals surface area contributed by atoms with Crippen LogP contribution in [0.2, 0.25) is 0 Å². The van der Waals surface area contributed by atoms with Crippen LogP contribution in [-0.2, 0) is 11.0 Å². The minimum atomic E-state index is -4.54. The molecule has 3 heterocycles. The number of hydrogen-bond acceptors (Lipinski definition) is 4. The van der Waals surface area contributed by atoms with E-state index in [1.807, 2.05) is 13.8 Å². The van der Waals surface area contributed by atoms with Crippen molar-refractivity contribution in [3.05, 3.63) is 52.1 Å². The first-order valence-corrected chi connectivity index (χ1v) is 8.68. The Morgan fingerprint density at radius 3 is 2.70 bits per heavy atom. The predicted octanol–water partition coefficient (Wildman–Crippen LogP) is 4.33. The van der Waals surface area contributed by atoms with Gasteiger partial charge >= 0.3 is 6.18 Å². The minimum Gasteiger partial charge on any atom is -0.342 e. The van der Waals surface area contributed by atoms with E-state index < -0.39 is 17.7 Å². The lowest BCUT2D eigenvalue weighted by atomic mass is 9.68. The van der Waals surface area contributed by atoms with Gasteiger partial charge in [-0.15, -0.1) is 0 Å². The van der Waals surface area contributed by atoms with Crippen molar-refractivity contribution in [1.29, 1.82) is 0 Å². The maximum atomic E-state index is 13.7. The van der Waals surface area contributed by atoms with E-state index in [-0.39, 0.29) is 23.2 Å². The number of nitrogens with one attached hydrogen (secondary N) is 2. The Balaban J connectivity index is 1.99. The quantitative estimate of drug-likeness (QED) is 0.777. The van der Waals surface area contributed by atoms with E-state index in [1.54, 1.807) is 6.92 Å². The van der Waals surface area contributed by atoms with Gasteiger partial charge in [0, 0.05) is 47.3 Å². The Bertz CT molecular complexity index is 972. The van der Waals surface area contributed by atoms with E-state index in [1.165, 1.54) is 6.20 Å². The van der Waals surface area contributed by atoms with Gasteiger partial charge < -0.3 is 5.32 Å². The molecule has 27 heavy (non-hydrogen) atoms. The zero-order valence-corrected chi connectivity index (χ0v) is 15.2. The lowest BCUT2D eigenvalue weighted by Crippen LogP contribution is -2.34. The molecule has 0 bridgehead atoms. The number of carbonyl (C=O) groups excluding carboxylic acids is 1. The highest BCUT2D eigenvalue weighted by Crippen LogP contribution is 2.51. The molecular formula is C19H19F3N4O. The molecule has 0 radical (unpaired) electrons. The number of allylic oxidation sites excluding steroid dienone is 2. The molecule has 2 aromatic heterocycles. The highest BCUT2D eigenvalue weighted by molar-refractivity contribution is 6.01. The number of nitrogens with zero attached hydrogens (tertiary/aromatic N) is 2. The Morgan fingerprint density at radius 1 is 1.26 bits per heavy atom. The maximum Gasteiger partial charge on any atom is 0.416 e. The number of hydrogen-bond donors (Lipinski definition) is 2. The van der Waals surface area contributed by atoms with Gasteiger partial charge in [-0.2, -0.15) is 18.3 Å². The third-order valence-corrected chi connectivity index (χ3v) is 5.23. The molecule has 1 aliphatic carbocycles. The molecule has 1 unspecified atom stereocenters. The fraction of sp³-hybridized carbons (Fsp3) is 0.421.